The average molecular weight is 393 g/mol. The number of amides is 1. The molecule has 1 fully saturated rings. The van der Waals surface area contributed by atoms with Crippen LogP contribution in [0, 0.1) is 11.8 Å². The van der Waals surface area contributed by atoms with E-state index in [0.717, 1.165) is 32.5 Å². The first kappa shape index (κ1) is 19.5. The number of rotatable bonds is 6. The summed E-state index contributed by atoms with van der Waals surface area (Å²) in [4.78, 5) is 17.5. The summed E-state index contributed by atoms with van der Waals surface area (Å²) in [7, 11) is 0. The predicted octanol–water partition coefficient (Wildman–Crippen LogP) is 3.33. The van der Waals surface area contributed by atoms with Gasteiger partial charge in [0.15, 0.2) is 0 Å². The van der Waals surface area contributed by atoms with Crippen LogP contribution < -0.4 is 10.2 Å². The number of aromatic nitrogens is 1. The molecule has 2 heterocycles. The molecule has 1 aromatic heterocycles. The minimum atomic E-state index is 0.0409. The van der Waals surface area contributed by atoms with Gasteiger partial charge in [-0.3, -0.25) is 4.79 Å². The Morgan fingerprint density at radius 2 is 2.07 bits per heavy atom. The molecule has 3 atom stereocenters. The van der Waals surface area contributed by atoms with Gasteiger partial charge in [-0.2, -0.15) is 0 Å². The number of benzene rings is 2. The number of carbonyl (C=O) groups is 1. The van der Waals surface area contributed by atoms with Crippen LogP contribution in [0.3, 0.4) is 0 Å². The molecular weight excluding hydrogens is 362 g/mol. The van der Waals surface area contributed by atoms with Crippen LogP contribution in [0.4, 0.5) is 5.69 Å². The van der Waals surface area contributed by atoms with Crippen molar-refractivity contribution in [1.29, 1.82) is 0 Å². The second kappa shape index (κ2) is 8.70. The van der Waals surface area contributed by atoms with E-state index in [1.165, 1.54) is 16.5 Å². The zero-order chi connectivity index (χ0) is 20.2. The average Bonchev–Trinajstić information content (AvgIpc) is 3.12. The number of hydrogen-bond donors (Lipinski definition) is 4. The number of anilines is 1. The summed E-state index contributed by atoms with van der Waals surface area (Å²) in [5.41, 5.74) is 3.24. The molecule has 2 aromatic carbocycles. The van der Waals surface area contributed by atoms with Gasteiger partial charge in [-0.15, -0.1) is 0 Å². The molecule has 4 N–H and O–H groups in total. The minimum Gasteiger partial charge on any atom is -0.508 e. The molecule has 0 saturated carbocycles. The number of nitrogens with one attached hydrogen (secondary N) is 3. The standard InChI is InChI=1S/C24H29N3O2/c1-2-17-15-27(16-19-14-25-23-9-4-3-8-22(19)23)11-10-18(17)12-24(29)26-20-6-5-7-21(28)13-20/h3-9,13-14,17-18,25,28H,2,10-12,15-16H2,1H3,(H,26,29)/p+1/t17-,18-/m0/s1. The molecular formula is C24H30N3O2+. The number of piperidine rings is 1. The summed E-state index contributed by atoms with van der Waals surface area (Å²) < 4.78 is 0. The quantitative estimate of drug-likeness (QED) is 0.520. The van der Waals surface area contributed by atoms with Gasteiger partial charge in [0.2, 0.25) is 5.91 Å². The van der Waals surface area contributed by atoms with Crippen molar-refractivity contribution in [2.75, 3.05) is 18.4 Å². The maximum absolute atomic E-state index is 12.5. The number of likely N-dealkylation sites (tertiary alicyclic amines) is 1. The summed E-state index contributed by atoms with van der Waals surface area (Å²) in [6, 6.07) is 15.2. The molecule has 1 saturated heterocycles. The number of aromatic hydroxyl groups is 1. The molecule has 1 aliphatic rings. The highest BCUT2D eigenvalue weighted by molar-refractivity contribution is 5.91. The molecule has 4 rings (SSSR count). The van der Waals surface area contributed by atoms with Gasteiger partial charge in [0.05, 0.1) is 13.1 Å². The van der Waals surface area contributed by atoms with Crippen LogP contribution in [0.1, 0.15) is 31.7 Å². The van der Waals surface area contributed by atoms with Crippen LogP contribution >= 0.6 is 0 Å². The molecule has 3 aromatic rings. The third kappa shape index (κ3) is 4.62. The molecule has 1 unspecified atom stereocenters. The van der Waals surface area contributed by atoms with E-state index in [0.29, 0.717) is 23.9 Å². The van der Waals surface area contributed by atoms with Crippen molar-refractivity contribution in [1.82, 2.24) is 4.98 Å². The van der Waals surface area contributed by atoms with Gasteiger partial charge in [0.1, 0.15) is 12.3 Å². The van der Waals surface area contributed by atoms with Gasteiger partial charge < -0.3 is 20.3 Å². The first-order valence-corrected chi connectivity index (χ1v) is 10.6. The Kier molecular flexibility index (Phi) is 5.86. The number of quaternary nitrogens is 1. The Labute approximate surface area is 171 Å². The van der Waals surface area contributed by atoms with E-state index >= 15 is 0 Å². The molecule has 0 bridgehead atoms. The minimum absolute atomic E-state index is 0.0409. The van der Waals surface area contributed by atoms with Crippen molar-refractivity contribution in [3.63, 3.8) is 0 Å². The molecule has 1 amide bonds. The van der Waals surface area contributed by atoms with Gasteiger partial charge in [-0.05, 0) is 30.5 Å². The van der Waals surface area contributed by atoms with Crippen LogP contribution in [-0.4, -0.2) is 29.1 Å². The lowest BCUT2D eigenvalue weighted by Crippen LogP contribution is -3.12. The van der Waals surface area contributed by atoms with E-state index in [2.05, 4.69) is 47.7 Å². The Hall–Kier alpha value is -2.79. The summed E-state index contributed by atoms with van der Waals surface area (Å²) in [5, 5.41) is 13.8. The highest BCUT2D eigenvalue weighted by atomic mass is 16.3. The Bertz CT molecular complexity index is 981. The molecule has 0 aliphatic carbocycles. The van der Waals surface area contributed by atoms with Gasteiger partial charge in [-0.25, -0.2) is 0 Å². The molecule has 152 valence electrons. The third-order valence-electron chi connectivity index (χ3n) is 6.30. The number of H-pyrrole nitrogens is 1. The molecule has 0 radical (unpaired) electrons. The number of para-hydroxylation sites is 1. The SMILES string of the molecule is CC[C@H]1C[NH+](Cc2c[nH]c3ccccc23)CC[C@H]1CC(=O)Nc1cccc(O)c1. The fourth-order valence-electron chi connectivity index (χ4n) is 4.75. The van der Waals surface area contributed by atoms with Crippen LogP contribution in [0.5, 0.6) is 5.75 Å². The van der Waals surface area contributed by atoms with Crippen molar-refractivity contribution < 1.29 is 14.8 Å². The van der Waals surface area contributed by atoms with E-state index in [1.54, 1.807) is 23.1 Å². The number of carbonyl (C=O) groups excluding carboxylic acids is 1. The lowest BCUT2D eigenvalue weighted by Gasteiger charge is -2.35. The van der Waals surface area contributed by atoms with Gasteiger partial charge in [0, 0.05) is 53.2 Å². The van der Waals surface area contributed by atoms with Crippen molar-refractivity contribution in [3.8, 4) is 5.75 Å². The van der Waals surface area contributed by atoms with Gasteiger partial charge in [0.25, 0.3) is 0 Å². The zero-order valence-corrected chi connectivity index (χ0v) is 16.9. The monoisotopic (exact) mass is 392 g/mol. The number of hydrogen-bond acceptors (Lipinski definition) is 2. The zero-order valence-electron chi connectivity index (χ0n) is 16.9. The third-order valence-corrected chi connectivity index (χ3v) is 6.30. The predicted molar refractivity (Wildman–Crippen MR) is 116 cm³/mol. The Morgan fingerprint density at radius 1 is 1.21 bits per heavy atom. The molecule has 0 spiro atoms. The van der Waals surface area contributed by atoms with E-state index in [4.69, 9.17) is 0 Å². The largest absolute Gasteiger partial charge is 0.508 e. The number of phenolic OH excluding ortho intramolecular Hbond substituents is 1. The first-order valence-electron chi connectivity index (χ1n) is 10.6. The van der Waals surface area contributed by atoms with Crippen LogP contribution in [0.15, 0.2) is 54.7 Å². The van der Waals surface area contributed by atoms with Crippen LogP contribution in [0.2, 0.25) is 0 Å². The summed E-state index contributed by atoms with van der Waals surface area (Å²) in [6.45, 7) is 5.47. The highest BCUT2D eigenvalue weighted by Gasteiger charge is 2.32. The van der Waals surface area contributed by atoms with Crippen molar-refractivity contribution >= 4 is 22.5 Å². The lowest BCUT2D eigenvalue weighted by atomic mass is 9.81. The smallest absolute Gasteiger partial charge is 0.224 e. The highest BCUT2D eigenvalue weighted by Crippen LogP contribution is 2.25. The Morgan fingerprint density at radius 3 is 2.90 bits per heavy atom. The normalized spacial score (nSPS) is 21.9. The summed E-state index contributed by atoms with van der Waals surface area (Å²) >= 11 is 0. The van der Waals surface area contributed by atoms with Crippen molar-refractivity contribution in [2.45, 2.75) is 32.7 Å². The number of phenols is 1. The van der Waals surface area contributed by atoms with Crippen molar-refractivity contribution in [2.24, 2.45) is 11.8 Å². The maximum atomic E-state index is 12.5. The summed E-state index contributed by atoms with van der Waals surface area (Å²) in [6.07, 6.45) is 4.87. The van der Waals surface area contributed by atoms with E-state index < -0.39 is 0 Å². The first-order chi connectivity index (χ1) is 14.1. The van der Waals surface area contributed by atoms with E-state index in [1.807, 2.05) is 6.07 Å². The van der Waals surface area contributed by atoms with E-state index in [-0.39, 0.29) is 11.7 Å². The fourth-order valence-corrected chi connectivity index (χ4v) is 4.75. The summed E-state index contributed by atoms with van der Waals surface area (Å²) in [5.74, 6) is 1.19. The van der Waals surface area contributed by atoms with E-state index in [9.17, 15) is 9.90 Å². The Balaban J connectivity index is 1.35. The molecule has 5 heteroatoms. The lowest BCUT2D eigenvalue weighted by molar-refractivity contribution is -0.923. The fraction of sp³-hybridized carbons (Fsp3) is 0.375. The molecule has 5 nitrogen and oxygen atoms in total. The second-order valence-corrected chi connectivity index (χ2v) is 8.26. The van der Waals surface area contributed by atoms with Crippen LogP contribution in [0.25, 0.3) is 10.9 Å². The van der Waals surface area contributed by atoms with Crippen molar-refractivity contribution in [3.05, 3.63) is 60.3 Å². The van der Waals surface area contributed by atoms with Crippen LogP contribution in [-0.2, 0) is 11.3 Å². The van der Waals surface area contributed by atoms with Gasteiger partial charge in [-0.1, -0.05) is 31.2 Å². The number of aromatic amines is 1. The topological polar surface area (TPSA) is 69.6 Å². The maximum Gasteiger partial charge on any atom is 0.224 e. The van der Waals surface area contributed by atoms with Gasteiger partial charge >= 0.3 is 0 Å². The second-order valence-electron chi connectivity index (χ2n) is 8.26. The number of fused-ring (bicyclic) bond motifs is 1. The molecule has 1 aliphatic heterocycles. The molecule has 29 heavy (non-hydrogen) atoms.